The maximum atomic E-state index is 12.0. The lowest BCUT2D eigenvalue weighted by atomic mass is 10.1. The summed E-state index contributed by atoms with van der Waals surface area (Å²) in [6.07, 6.45) is 3.35. The predicted octanol–water partition coefficient (Wildman–Crippen LogP) is 0.749. The molecule has 2 atom stereocenters. The van der Waals surface area contributed by atoms with E-state index in [1.165, 1.54) is 0 Å². The molecule has 1 saturated heterocycles. The molecule has 19 heavy (non-hydrogen) atoms. The zero-order valence-corrected chi connectivity index (χ0v) is 12.4. The summed E-state index contributed by atoms with van der Waals surface area (Å²) < 4.78 is 0. The van der Waals surface area contributed by atoms with Crippen LogP contribution in [0.4, 0.5) is 0 Å². The van der Waals surface area contributed by atoms with Crippen LogP contribution in [0.25, 0.3) is 0 Å². The third-order valence-corrected chi connectivity index (χ3v) is 3.67. The fourth-order valence-corrected chi connectivity index (χ4v) is 2.53. The van der Waals surface area contributed by atoms with Gasteiger partial charge in [0.25, 0.3) is 0 Å². The lowest BCUT2D eigenvalue weighted by molar-refractivity contribution is -0.130. The SMILES string of the molecule is CCCC(C)N1CC(C(=O)NCCCNC)CC1=O. The second kappa shape index (κ2) is 8.15. The first kappa shape index (κ1) is 16.0. The molecule has 5 nitrogen and oxygen atoms in total. The third kappa shape index (κ3) is 4.82. The highest BCUT2D eigenvalue weighted by molar-refractivity contribution is 5.89. The van der Waals surface area contributed by atoms with Gasteiger partial charge in [0.2, 0.25) is 11.8 Å². The Morgan fingerprint density at radius 3 is 2.84 bits per heavy atom. The summed E-state index contributed by atoms with van der Waals surface area (Å²) in [6.45, 7) is 6.33. The Hall–Kier alpha value is -1.10. The lowest BCUT2D eigenvalue weighted by Gasteiger charge is -2.24. The van der Waals surface area contributed by atoms with Crippen molar-refractivity contribution < 1.29 is 9.59 Å². The highest BCUT2D eigenvalue weighted by atomic mass is 16.2. The van der Waals surface area contributed by atoms with Crippen LogP contribution in [0.2, 0.25) is 0 Å². The van der Waals surface area contributed by atoms with Crippen LogP contribution in [0, 0.1) is 5.92 Å². The van der Waals surface area contributed by atoms with Gasteiger partial charge in [0.1, 0.15) is 0 Å². The highest BCUT2D eigenvalue weighted by Gasteiger charge is 2.35. The molecule has 0 aromatic heterocycles. The van der Waals surface area contributed by atoms with Crippen LogP contribution in [0.3, 0.4) is 0 Å². The Bertz CT molecular complexity index is 307. The second-order valence-electron chi connectivity index (χ2n) is 5.33. The van der Waals surface area contributed by atoms with Gasteiger partial charge >= 0.3 is 0 Å². The molecule has 2 amide bonds. The maximum Gasteiger partial charge on any atom is 0.225 e. The Balaban J connectivity index is 2.36. The molecule has 5 heteroatoms. The van der Waals surface area contributed by atoms with Crippen LogP contribution >= 0.6 is 0 Å². The van der Waals surface area contributed by atoms with Crippen molar-refractivity contribution in [1.82, 2.24) is 15.5 Å². The minimum absolute atomic E-state index is 0.0238. The number of hydrogen-bond acceptors (Lipinski definition) is 3. The van der Waals surface area contributed by atoms with E-state index in [1.807, 2.05) is 11.9 Å². The largest absolute Gasteiger partial charge is 0.356 e. The molecule has 1 heterocycles. The molecule has 2 N–H and O–H groups in total. The molecule has 0 aromatic rings. The van der Waals surface area contributed by atoms with Gasteiger partial charge in [-0.2, -0.15) is 0 Å². The molecule has 0 radical (unpaired) electrons. The van der Waals surface area contributed by atoms with Crippen LogP contribution in [0.1, 0.15) is 39.5 Å². The minimum atomic E-state index is -0.165. The number of nitrogens with zero attached hydrogens (tertiary/aromatic N) is 1. The Labute approximate surface area is 116 Å². The van der Waals surface area contributed by atoms with Crippen molar-refractivity contribution in [3.8, 4) is 0 Å². The van der Waals surface area contributed by atoms with Gasteiger partial charge in [-0.3, -0.25) is 9.59 Å². The van der Waals surface area contributed by atoms with Gasteiger partial charge in [-0.1, -0.05) is 13.3 Å². The lowest BCUT2D eigenvalue weighted by Crippen LogP contribution is -2.37. The Morgan fingerprint density at radius 2 is 2.21 bits per heavy atom. The molecule has 0 bridgehead atoms. The van der Waals surface area contributed by atoms with Crippen molar-refractivity contribution in [2.45, 2.75) is 45.6 Å². The summed E-state index contributed by atoms with van der Waals surface area (Å²) in [5, 5.41) is 5.95. The molecule has 1 aliphatic rings. The third-order valence-electron chi connectivity index (χ3n) is 3.67. The van der Waals surface area contributed by atoms with E-state index in [-0.39, 0.29) is 23.8 Å². The average molecular weight is 269 g/mol. The first-order valence-electron chi connectivity index (χ1n) is 7.31. The smallest absolute Gasteiger partial charge is 0.225 e. The van der Waals surface area contributed by atoms with E-state index in [0.29, 0.717) is 19.5 Å². The first-order chi connectivity index (χ1) is 9.10. The predicted molar refractivity (Wildman–Crippen MR) is 75.7 cm³/mol. The number of carbonyl (C=O) groups is 2. The highest BCUT2D eigenvalue weighted by Crippen LogP contribution is 2.22. The summed E-state index contributed by atoms with van der Waals surface area (Å²) in [4.78, 5) is 25.7. The van der Waals surface area contributed by atoms with Gasteiger partial charge < -0.3 is 15.5 Å². The van der Waals surface area contributed by atoms with Crippen LogP contribution in [-0.4, -0.2) is 49.4 Å². The van der Waals surface area contributed by atoms with Gasteiger partial charge in [0.15, 0.2) is 0 Å². The molecule has 0 spiro atoms. The zero-order valence-electron chi connectivity index (χ0n) is 12.4. The Morgan fingerprint density at radius 1 is 1.47 bits per heavy atom. The fourth-order valence-electron chi connectivity index (χ4n) is 2.53. The van der Waals surface area contributed by atoms with Crippen LogP contribution in [0.15, 0.2) is 0 Å². The molecule has 1 aliphatic heterocycles. The molecule has 1 rings (SSSR count). The molecule has 1 fully saturated rings. The summed E-state index contributed by atoms with van der Waals surface area (Å²) in [6, 6.07) is 0.250. The second-order valence-corrected chi connectivity index (χ2v) is 5.33. The number of rotatable bonds is 8. The van der Waals surface area contributed by atoms with E-state index < -0.39 is 0 Å². The minimum Gasteiger partial charge on any atom is -0.356 e. The van der Waals surface area contributed by atoms with E-state index in [2.05, 4.69) is 24.5 Å². The van der Waals surface area contributed by atoms with Gasteiger partial charge in [0, 0.05) is 25.6 Å². The van der Waals surface area contributed by atoms with Crippen molar-refractivity contribution >= 4 is 11.8 Å². The Kier molecular flexibility index (Phi) is 6.84. The topological polar surface area (TPSA) is 61.4 Å². The summed E-state index contributed by atoms with van der Waals surface area (Å²) in [7, 11) is 1.89. The monoisotopic (exact) mass is 269 g/mol. The standard InChI is InChI=1S/C14H27N3O2/c1-4-6-11(2)17-10-12(9-13(17)18)14(19)16-8-5-7-15-3/h11-12,15H,4-10H2,1-3H3,(H,16,19). The van der Waals surface area contributed by atoms with Gasteiger partial charge in [-0.05, 0) is 33.4 Å². The summed E-state index contributed by atoms with van der Waals surface area (Å²) in [5.74, 6) is -0.0200. The van der Waals surface area contributed by atoms with Crippen molar-refractivity contribution in [1.29, 1.82) is 0 Å². The normalized spacial score (nSPS) is 20.7. The molecule has 110 valence electrons. The van der Waals surface area contributed by atoms with Crippen molar-refractivity contribution in [3.63, 3.8) is 0 Å². The van der Waals surface area contributed by atoms with Crippen LogP contribution in [0.5, 0.6) is 0 Å². The van der Waals surface area contributed by atoms with E-state index in [4.69, 9.17) is 0 Å². The zero-order chi connectivity index (χ0) is 14.3. The number of amides is 2. The molecule has 2 unspecified atom stereocenters. The van der Waals surface area contributed by atoms with Gasteiger partial charge in [-0.15, -0.1) is 0 Å². The fraction of sp³-hybridized carbons (Fsp3) is 0.857. The molecule has 0 saturated carbocycles. The number of hydrogen-bond donors (Lipinski definition) is 2. The van der Waals surface area contributed by atoms with Crippen molar-refractivity contribution in [2.75, 3.05) is 26.7 Å². The van der Waals surface area contributed by atoms with E-state index in [0.717, 1.165) is 25.8 Å². The molecule has 0 aliphatic carbocycles. The number of carbonyl (C=O) groups excluding carboxylic acids is 2. The van der Waals surface area contributed by atoms with Crippen LogP contribution < -0.4 is 10.6 Å². The maximum absolute atomic E-state index is 12.0. The molecular weight excluding hydrogens is 242 g/mol. The summed E-state index contributed by atoms with van der Waals surface area (Å²) >= 11 is 0. The quantitative estimate of drug-likeness (QED) is 0.639. The average Bonchev–Trinajstić information content (AvgIpc) is 2.77. The van der Waals surface area contributed by atoms with E-state index >= 15 is 0 Å². The number of nitrogens with one attached hydrogen (secondary N) is 2. The van der Waals surface area contributed by atoms with Gasteiger partial charge in [0.05, 0.1) is 5.92 Å². The summed E-state index contributed by atoms with van der Waals surface area (Å²) in [5.41, 5.74) is 0. The van der Waals surface area contributed by atoms with E-state index in [9.17, 15) is 9.59 Å². The van der Waals surface area contributed by atoms with Crippen LogP contribution in [-0.2, 0) is 9.59 Å². The van der Waals surface area contributed by atoms with Crippen molar-refractivity contribution in [3.05, 3.63) is 0 Å². The van der Waals surface area contributed by atoms with Crippen molar-refractivity contribution in [2.24, 2.45) is 5.92 Å². The first-order valence-corrected chi connectivity index (χ1v) is 7.31. The number of likely N-dealkylation sites (tertiary alicyclic amines) is 1. The van der Waals surface area contributed by atoms with E-state index in [1.54, 1.807) is 0 Å². The molecule has 0 aromatic carbocycles. The van der Waals surface area contributed by atoms with Gasteiger partial charge in [-0.25, -0.2) is 0 Å². The molecular formula is C14H27N3O2.